The summed E-state index contributed by atoms with van der Waals surface area (Å²) in [5, 5.41) is 8.87. The first-order valence-corrected chi connectivity index (χ1v) is 5.13. The van der Waals surface area contributed by atoms with E-state index in [4.69, 9.17) is 0 Å². The second-order valence-corrected chi connectivity index (χ2v) is 4.33. The molecule has 76 valence electrons. The molecule has 0 heterocycles. The maximum absolute atomic E-state index is 11.2. The first-order valence-electron chi connectivity index (χ1n) is 3.65. The molecule has 0 unspecified atom stereocenters. The average Bonchev–Trinajstić information content (AvgIpc) is 2.02. The van der Waals surface area contributed by atoms with Crippen LogP contribution < -0.4 is 4.83 Å². The van der Waals surface area contributed by atoms with Crippen molar-refractivity contribution in [1.29, 1.82) is 0 Å². The smallest absolute Gasteiger partial charge is 0.234 e. The van der Waals surface area contributed by atoms with Gasteiger partial charge < -0.3 is 0 Å². The molecule has 1 aromatic carbocycles. The molecule has 0 aliphatic heterocycles. The van der Waals surface area contributed by atoms with Gasteiger partial charge in [0.05, 0.1) is 4.90 Å². The Labute approximate surface area is 80.7 Å². The molecule has 0 fully saturated rings. The number of sulfonamides is 1. The minimum atomic E-state index is -4.03. The zero-order valence-corrected chi connectivity index (χ0v) is 8.11. The van der Waals surface area contributed by atoms with E-state index < -0.39 is 15.1 Å². The number of rotatable bonds is 3. The van der Waals surface area contributed by atoms with Crippen LogP contribution in [0.15, 0.2) is 29.2 Å². The Morgan fingerprint density at radius 2 is 1.79 bits per heavy atom. The molecule has 0 spiro atoms. The first-order chi connectivity index (χ1) is 6.42. The van der Waals surface area contributed by atoms with Crippen LogP contribution >= 0.6 is 0 Å². The van der Waals surface area contributed by atoms with Crippen molar-refractivity contribution in [2.75, 3.05) is 0 Å². The van der Waals surface area contributed by atoms with Crippen molar-refractivity contribution in [3.05, 3.63) is 39.9 Å². The third-order valence-electron chi connectivity index (χ3n) is 1.53. The summed E-state index contributed by atoms with van der Waals surface area (Å²) in [4.78, 5) is 11.1. The van der Waals surface area contributed by atoms with E-state index in [0.717, 1.165) is 5.56 Å². The minimum Gasteiger partial charge on any atom is -0.234 e. The Kier molecular flexibility index (Phi) is 2.70. The normalized spacial score (nSPS) is 10.9. The molecule has 0 bridgehead atoms. The highest BCUT2D eigenvalue weighted by atomic mass is 32.2. The number of nitro groups is 1. The molecule has 1 N–H and O–H groups in total. The number of hydrogen-bond acceptors (Lipinski definition) is 4. The van der Waals surface area contributed by atoms with Crippen molar-refractivity contribution in [2.45, 2.75) is 11.8 Å². The minimum absolute atomic E-state index is 0.125. The summed E-state index contributed by atoms with van der Waals surface area (Å²) < 4.78 is 22.4. The topological polar surface area (TPSA) is 89.3 Å². The second-order valence-electron chi connectivity index (χ2n) is 2.66. The van der Waals surface area contributed by atoms with Crippen LogP contribution in [0.2, 0.25) is 0 Å². The summed E-state index contributed by atoms with van der Waals surface area (Å²) in [6.07, 6.45) is 0. The predicted octanol–water partition coefficient (Wildman–Crippen LogP) is 0.465. The van der Waals surface area contributed by atoms with Gasteiger partial charge in [-0.1, -0.05) is 17.7 Å². The number of nitrogens with zero attached hydrogens (tertiary/aromatic N) is 1. The van der Waals surface area contributed by atoms with Gasteiger partial charge in [-0.3, -0.25) is 0 Å². The number of hydrazine groups is 1. The summed E-state index contributed by atoms with van der Waals surface area (Å²) in [5.74, 6) is 0. The lowest BCUT2D eigenvalue weighted by Crippen LogP contribution is -2.29. The van der Waals surface area contributed by atoms with Gasteiger partial charge in [-0.25, -0.2) is 10.1 Å². The molecule has 0 aliphatic rings. The Morgan fingerprint density at radius 3 is 2.21 bits per heavy atom. The van der Waals surface area contributed by atoms with E-state index >= 15 is 0 Å². The van der Waals surface area contributed by atoms with Crippen molar-refractivity contribution < 1.29 is 13.5 Å². The zero-order valence-electron chi connectivity index (χ0n) is 7.30. The standard InChI is InChI=1S/C7H8N2O4S/c1-6-2-4-7(5-3-6)14(12,13)8-9(10)11/h2-5,8H,1H3. The predicted molar refractivity (Wildman–Crippen MR) is 48.5 cm³/mol. The molecule has 0 aliphatic carbocycles. The molecule has 0 saturated heterocycles. The molecule has 6 nitrogen and oxygen atoms in total. The van der Waals surface area contributed by atoms with E-state index in [-0.39, 0.29) is 4.90 Å². The van der Waals surface area contributed by atoms with Crippen LogP contribution in [0.1, 0.15) is 5.56 Å². The molecule has 0 amide bonds. The number of benzene rings is 1. The maximum atomic E-state index is 11.2. The van der Waals surface area contributed by atoms with Crippen molar-refractivity contribution in [2.24, 2.45) is 0 Å². The van der Waals surface area contributed by atoms with Crippen LogP contribution in [0.25, 0.3) is 0 Å². The van der Waals surface area contributed by atoms with Gasteiger partial charge in [0.25, 0.3) is 0 Å². The lowest BCUT2D eigenvalue weighted by Gasteiger charge is -2.00. The zero-order chi connectivity index (χ0) is 10.8. The fourth-order valence-corrected chi connectivity index (χ4v) is 1.66. The van der Waals surface area contributed by atoms with Gasteiger partial charge in [0.2, 0.25) is 0 Å². The van der Waals surface area contributed by atoms with Gasteiger partial charge in [0.1, 0.15) is 0 Å². The van der Waals surface area contributed by atoms with Crippen molar-refractivity contribution in [3.8, 4) is 0 Å². The molecule has 0 aromatic heterocycles. The van der Waals surface area contributed by atoms with E-state index in [1.807, 2.05) is 0 Å². The van der Waals surface area contributed by atoms with Gasteiger partial charge in [-0.15, -0.1) is 0 Å². The fourth-order valence-electron chi connectivity index (χ4n) is 0.868. The lowest BCUT2D eigenvalue weighted by atomic mass is 10.2. The van der Waals surface area contributed by atoms with Crippen LogP contribution in [-0.4, -0.2) is 13.5 Å². The maximum Gasteiger partial charge on any atom is 0.311 e. The highest BCUT2D eigenvalue weighted by Crippen LogP contribution is 2.09. The second kappa shape index (κ2) is 3.62. The van der Waals surface area contributed by atoms with E-state index in [0.29, 0.717) is 0 Å². The van der Waals surface area contributed by atoms with Crippen LogP contribution in [0.4, 0.5) is 0 Å². The summed E-state index contributed by atoms with van der Waals surface area (Å²) in [5.41, 5.74) is 0.880. The molecule has 1 aromatic rings. The van der Waals surface area contributed by atoms with E-state index in [9.17, 15) is 18.5 Å². The Balaban J connectivity index is 3.05. The summed E-state index contributed by atoms with van der Waals surface area (Å²) in [6, 6.07) is 5.74. The molecule has 0 atom stereocenters. The molecule has 0 radical (unpaired) electrons. The first kappa shape index (κ1) is 10.5. The highest BCUT2D eigenvalue weighted by molar-refractivity contribution is 7.89. The van der Waals surface area contributed by atoms with Crippen molar-refractivity contribution >= 4 is 10.0 Å². The average molecular weight is 216 g/mol. The van der Waals surface area contributed by atoms with Crippen molar-refractivity contribution in [3.63, 3.8) is 0 Å². The van der Waals surface area contributed by atoms with Crippen LogP contribution in [-0.2, 0) is 10.0 Å². The van der Waals surface area contributed by atoms with Crippen LogP contribution in [0.3, 0.4) is 0 Å². The van der Waals surface area contributed by atoms with E-state index in [1.54, 1.807) is 19.1 Å². The molecule has 1 rings (SSSR count). The van der Waals surface area contributed by atoms with Gasteiger partial charge in [0.15, 0.2) is 5.03 Å². The largest absolute Gasteiger partial charge is 0.311 e. The Bertz CT molecular complexity index is 437. The molecule has 14 heavy (non-hydrogen) atoms. The Hall–Kier alpha value is -1.63. The molecule has 0 saturated carbocycles. The monoisotopic (exact) mass is 216 g/mol. The van der Waals surface area contributed by atoms with Crippen LogP contribution in [0.5, 0.6) is 0 Å². The van der Waals surface area contributed by atoms with Crippen LogP contribution in [0, 0.1) is 17.0 Å². The van der Waals surface area contributed by atoms with E-state index in [1.165, 1.54) is 17.0 Å². The highest BCUT2D eigenvalue weighted by Gasteiger charge is 2.18. The third kappa shape index (κ3) is 2.43. The Morgan fingerprint density at radius 1 is 1.29 bits per heavy atom. The number of aryl methyl sites for hydroxylation is 1. The summed E-state index contributed by atoms with van der Waals surface area (Å²) in [6.45, 7) is 1.79. The van der Waals surface area contributed by atoms with E-state index in [2.05, 4.69) is 0 Å². The number of hydrogen-bond donors (Lipinski definition) is 1. The van der Waals surface area contributed by atoms with Crippen molar-refractivity contribution in [1.82, 2.24) is 4.83 Å². The lowest BCUT2D eigenvalue weighted by molar-refractivity contribution is -0.518. The third-order valence-corrected chi connectivity index (χ3v) is 2.81. The van der Waals surface area contributed by atoms with Gasteiger partial charge >= 0.3 is 10.0 Å². The molecule has 7 heteroatoms. The summed E-state index contributed by atoms with van der Waals surface area (Å²) >= 11 is 0. The van der Waals surface area contributed by atoms with Gasteiger partial charge in [0, 0.05) is 0 Å². The van der Waals surface area contributed by atoms with Gasteiger partial charge in [-0.2, -0.15) is 8.42 Å². The summed E-state index contributed by atoms with van der Waals surface area (Å²) in [7, 11) is -4.03. The molecular weight excluding hydrogens is 208 g/mol. The quantitative estimate of drug-likeness (QED) is 0.587. The van der Waals surface area contributed by atoms with Gasteiger partial charge in [-0.05, 0) is 23.9 Å². The fraction of sp³-hybridized carbons (Fsp3) is 0.143. The molecular formula is C7H8N2O4S. The SMILES string of the molecule is Cc1ccc(S(=O)(=O)N[N+](=O)[O-])cc1. The number of nitrogens with one attached hydrogen (secondary N) is 1.